The highest BCUT2D eigenvalue weighted by Gasteiger charge is 2.22. The Morgan fingerprint density at radius 3 is 3.07 bits per heavy atom. The van der Waals surface area contributed by atoms with E-state index in [0.29, 0.717) is 42.9 Å². The van der Waals surface area contributed by atoms with Crippen LogP contribution in [0.1, 0.15) is 23.6 Å². The minimum absolute atomic E-state index is 0.217. The molecule has 9 nitrogen and oxygen atoms in total. The topological polar surface area (TPSA) is 94.8 Å². The van der Waals surface area contributed by atoms with Crippen molar-refractivity contribution in [3.63, 3.8) is 0 Å². The Labute approximate surface area is 174 Å². The molecule has 2 aromatic rings. The third-order valence-corrected chi connectivity index (χ3v) is 5.14. The van der Waals surface area contributed by atoms with E-state index in [1.165, 1.54) is 0 Å². The molecule has 0 bridgehead atoms. The number of hydrogen-bond acceptors (Lipinski definition) is 6. The molecule has 0 aliphatic carbocycles. The second kappa shape index (κ2) is 8.87. The van der Waals surface area contributed by atoms with Crippen molar-refractivity contribution in [1.82, 2.24) is 25.4 Å². The summed E-state index contributed by atoms with van der Waals surface area (Å²) in [6.07, 6.45) is 1.82. The molecule has 2 aliphatic heterocycles. The SMILES string of the molecule is CN=C(NCc1cc(Cl)c2c(c1)OCCO2)NC1CCc2nc(COC)nn2C1. The molecule has 0 amide bonds. The van der Waals surface area contributed by atoms with Gasteiger partial charge < -0.3 is 24.8 Å². The third kappa shape index (κ3) is 4.56. The minimum atomic E-state index is 0.217. The van der Waals surface area contributed by atoms with Gasteiger partial charge in [0.2, 0.25) is 0 Å². The highest BCUT2D eigenvalue weighted by molar-refractivity contribution is 6.32. The molecule has 0 spiro atoms. The van der Waals surface area contributed by atoms with Crippen molar-refractivity contribution in [2.75, 3.05) is 27.4 Å². The van der Waals surface area contributed by atoms with E-state index in [1.54, 1.807) is 14.2 Å². The molecule has 3 heterocycles. The Morgan fingerprint density at radius 2 is 2.24 bits per heavy atom. The van der Waals surface area contributed by atoms with Gasteiger partial charge in [0.25, 0.3) is 0 Å². The lowest BCUT2D eigenvalue weighted by Gasteiger charge is -2.25. The fourth-order valence-corrected chi connectivity index (χ4v) is 3.80. The molecular formula is C19H25ClN6O3. The van der Waals surface area contributed by atoms with Gasteiger partial charge in [0.15, 0.2) is 23.3 Å². The lowest BCUT2D eigenvalue weighted by atomic mass is 10.1. The molecule has 0 fully saturated rings. The van der Waals surface area contributed by atoms with E-state index in [0.717, 1.165) is 42.6 Å². The number of aromatic nitrogens is 3. The third-order valence-electron chi connectivity index (χ3n) is 4.86. The van der Waals surface area contributed by atoms with Crippen molar-refractivity contribution >= 4 is 17.6 Å². The van der Waals surface area contributed by atoms with E-state index < -0.39 is 0 Å². The molecule has 0 saturated heterocycles. The number of benzene rings is 1. The number of rotatable bonds is 5. The second-order valence-corrected chi connectivity index (χ2v) is 7.37. The maximum absolute atomic E-state index is 6.32. The van der Waals surface area contributed by atoms with Crippen molar-refractivity contribution < 1.29 is 14.2 Å². The summed E-state index contributed by atoms with van der Waals surface area (Å²) in [5, 5.41) is 11.9. The standard InChI is InChI=1S/C19H25ClN6O3/c1-21-19(22-9-12-7-14(20)18-15(8-12)28-5-6-29-18)23-13-3-4-17-24-16(11-27-2)25-26(17)10-13/h7-8,13H,3-6,9-11H2,1-2H3,(H2,21,22,23). The number of halogens is 1. The fourth-order valence-electron chi connectivity index (χ4n) is 3.51. The number of nitrogens with zero attached hydrogens (tertiary/aromatic N) is 4. The van der Waals surface area contributed by atoms with Crippen LogP contribution in [-0.4, -0.2) is 54.1 Å². The molecule has 0 saturated carbocycles. The second-order valence-electron chi connectivity index (χ2n) is 6.97. The summed E-state index contributed by atoms with van der Waals surface area (Å²) in [5.41, 5.74) is 0.994. The molecule has 156 valence electrons. The molecule has 1 atom stereocenters. The van der Waals surface area contributed by atoms with Crippen LogP contribution in [0, 0.1) is 0 Å². The Bertz CT molecular complexity index is 900. The van der Waals surface area contributed by atoms with Gasteiger partial charge in [-0.05, 0) is 24.1 Å². The molecule has 1 aromatic carbocycles. The minimum Gasteiger partial charge on any atom is -0.486 e. The Balaban J connectivity index is 1.35. The Kier molecular flexibility index (Phi) is 6.05. The molecule has 29 heavy (non-hydrogen) atoms. The van der Waals surface area contributed by atoms with Crippen molar-refractivity contribution in [3.05, 3.63) is 34.4 Å². The fraction of sp³-hybridized carbons (Fsp3) is 0.526. The number of ether oxygens (including phenoxy) is 3. The van der Waals surface area contributed by atoms with Gasteiger partial charge in [-0.15, -0.1) is 0 Å². The predicted molar refractivity (Wildman–Crippen MR) is 109 cm³/mol. The molecule has 0 radical (unpaired) electrons. The van der Waals surface area contributed by atoms with E-state index in [2.05, 4.69) is 25.7 Å². The lowest BCUT2D eigenvalue weighted by Crippen LogP contribution is -2.46. The van der Waals surface area contributed by atoms with Crippen LogP contribution in [0.3, 0.4) is 0 Å². The van der Waals surface area contributed by atoms with Crippen molar-refractivity contribution in [1.29, 1.82) is 0 Å². The number of methoxy groups -OCH3 is 1. The number of aliphatic imine (C=N–C) groups is 1. The lowest BCUT2D eigenvalue weighted by molar-refractivity contribution is 0.171. The summed E-state index contributed by atoms with van der Waals surface area (Å²) < 4.78 is 18.3. The zero-order chi connectivity index (χ0) is 20.2. The maximum atomic E-state index is 6.32. The smallest absolute Gasteiger partial charge is 0.191 e. The monoisotopic (exact) mass is 420 g/mol. The summed E-state index contributed by atoms with van der Waals surface area (Å²) in [6, 6.07) is 4.05. The number of fused-ring (bicyclic) bond motifs is 2. The normalized spacial score (nSPS) is 18.3. The average molecular weight is 421 g/mol. The van der Waals surface area contributed by atoms with Crippen LogP contribution in [-0.2, 0) is 30.9 Å². The van der Waals surface area contributed by atoms with Gasteiger partial charge in [0, 0.05) is 33.2 Å². The van der Waals surface area contributed by atoms with Crippen LogP contribution in [0.25, 0.3) is 0 Å². The number of aryl methyl sites for hydroxylation is 1. The van der Waals surface area contributed by atoms with E-state index in [9.17, 15) is 0 Å². The van der Waals surface area contributed by atoms with Gasteiger partial charge in [0.05, 0.1) is 11.6 Å². The van der Waals surface area contributed by atoms with E-state index in [1.807, 2.05) is 16.8 Å². The van der Waals surface area contributed by atoms with Gasteiger partial charge in [-0.1, -0.05) is 11.6 Å². The zero-order valence-corrected chi connectivity index (χ0v) is 17.3. The van der Waals surface area contributed by atoms with Crippen LogP contribution < -0.4 is 20.1 Å². The maximum Gasteiger partial charge on any atom is 0.191 e. The highest BCUT2D eigenvalue weighted by Crippen LogP contribution is 2.38. The molecular weight excluding hydrogens is 396 g/mol. The van der Waals surface area contributed by atoms with Crippen LogP contribution >= 0.6 is 11.6 Å². The Morgan fingerprint density at radius 1 is 1.38 bits per heavy atom. The van der Waals surface area contributed by atoms with Crippen LogP contribution in [0.2, 0.25) is 5.02 Å². The van der Waals surface area contributed by atoms with Gasteiger partial charge in [0.1, 0.15) is 25.6 Å². The van der Waals surface area contributed by atoms with Crippen LogP contribution in [0.5, 0.6) is 11.5 Å². The zero-order valence-electron chi connectivity index (χ0n) is 16.6. The first kappa shape index (κ1) is 19.8. The van der Waals surface area contributed by atoms with Crippen LogP contribution in [0.4, 0.5) is 0 Å². The molecule has 4 rings (SSSR count). The largest absolute Gasteiger partial charge is 0.486 e. The number of hydrogen-bond donors (Lipinski definition) is 2. The van der Waals surface area contributed by atoms with E-state index in [4.69, 9.17) is 25.8 Å². The quantitative estimate of drug-likeness (QED) is 0.559. The van der Waals surface area contributed by atoms with Crippen LogP contribution in [0.15, 0.2) is 17.1 Å². The average Bonchev–Trinajstić information content (AvgIpc) is 3.13. The van der Waals surface area contributed by atoms with Crippen molar-refractivity contribution in [3.8, 4) is 11.5 Å². The van der Waals surface area contributed by atoms with Crippen molar-refractivity contribution in [2.45, 2.75) is 38.6 Å². The van der Waals surface area contributed by atoms with E-state index >= 15 is 0 Å². The molecule has 2 N–H and O–H groups in total. The summed E-state index contributed by atoms with van der Waals surface area (Å²) in [4.78, 5) is 8.85. The molecule has 2 aliphatic rings. The number of guanidine groups is 1. The molecule has 1 aromatic heterocycles. The molecule has 1 unspecified atom stereocenters. The number of nitrogens with one attached hydrogen (secondary N) is 2. The first-order chi connectivity index (χ1) is 14.2. The van der Waals surface area contributed by atoms with E-state index in [-0.39, 0.29) is 6.04 Å². The first-order valence-electron chi connectivity index (χ1n) is 9.63. The predicted octanol–water partition coefficient (Wildman–Crippen LogP) is 1.53. The van der Waals surface area contributed by atoms with Gasteiger partial charge in [-0.2, -0.15) is 5.10 Å². The van der Waals surface area contributed by atoms with Crippen molar-refractivity contribution in [2.24, 2.45) is 4.99 Å². The molecule has 10 heteroatoms. The van der Waals surface area contributed by atoms with Gasteiger partial charge in [-0.25, -0.2) is 9.67 Å². The first-order valence-corrected chi connectivity index (χ1v) is 10.0. The Hall–Kier alpha value is -2.52. The summed E-state index contributed by atoms with van der Waals surface area (Å²) in [5.74, 6) is 3.75. The summed E-state index contributed by atoms with van der Waals surface area (Å²) in [6.45, 7) is 2.78. The van der Waals surface area contributed by atoms with Gasteiger partial charge in [-0.3, -0.25) is 4.99 Å². The highest BCUT2D eigenvalue weighted by atomic mass is 35.5. The summed E-state index contributed by atoms with van der Waals surface area (Å²) >= 11 is 6.32. The van der Waals surface area contributed by atoms with Gasteiger partial charge >= 0.3 is 0 Å². The summed E-state index contributed by atoms with van der Waals surface area (Å²) in [7, 11) is 3.40.